The lowest BCUT2D eigenvalue weighted by atomic mass is 10.3. The molecule has 1 aromatic carbocycles. The number of nitrogens with zero attached hydrogens (tertiary/aromatic N) is 1. The second-order valence-corrected chi connectivity index (χ2v) is 7.79. The van der Waals surface area contributed by atoms with Gasteiger partial charge in [-0.25, -0.2) is 9.37 Å². The SMILES string of the molecule is Cc1nc(-c2ccc(CCNC(=S)Nc3ccc(F)cc3)s2)cs1. The van der Waals surface area contributed by atoms with Crippen LogP contribution in [0.1, 0.15) is 9.88 Å². The van der Waals surface area contributed by atoms with Crippen molar-refractivity contribution in [3.8, 4) is 10.6 Å². The molecule has 0 saturated carbocycles. The number of aromatic nitrogens is 1. The fourth-order valence-electron chi connectivity index (χ4n) is 2.13. The van der Waals surface area contributed by atoms with Crippen molar-refractivity contribution in [2.75, 3.05) is 11.9 Å². The lowest BCUT2D eigenvalue weighted by Gasteiger charge is -2.09. The number of hydrogen-bond acceptors (Lipinski definition) is 4. The molecule has 2 heterocycles. The third-order valence-electron chi connectivity index (χ3n) is 3.29. The van der Waals surface area contributed by atoms with E-state index in [9.17, 15) is 4.39 Å². The number of nitrogens with one attached hydrogen (secondary N) is 2. The number of thiazole rings is 1. The van der Waals surface area contributed by atoms with E-state index in [1.165, 1.54) is 21.9 Å². The van der Waals surface area contributed by atoms with Crippen molar-refractivity contribution in [2.24, 2.45) is 0 Å². The van der Waals surface area contributed by atoms with Gasteiger partial charge in [0.2, 0.25) is 0 Å². The highest BCUT2D eigenvalue weighted by Gasteiger charge is 2.06. The fraction of sp³-hybridized carbons (Fsp3) is 0.176. The highest BCUT2D eigenvalue weighted by atomic mass is 32.1. The largest absolute Gasteiger partial charge is 0.362 e. The van der Waals surface area contributed by atoms with Gasteiger partial charge in [0.15, 0.2) is 5.11 Å². The Labute approximate surface area is 153 Å². The van der Waals surface area contributed by atoms with Crippen LogP contribution in [0.4, 0.5) is 10.1 Å². The molecule has 0 spiro atoms. The summed E-state index contributed by atoms with van der Waals surface area (Å²) >= 11 is 8.67. The van der Waals surface area contributed by atoms with Gasteiger partial charge in [-0.3, -0.25) is 0 Å². The molecule has 0 amide bonds. The average Bonchev–Trinajstić information content (AvgIpc) is 3.18. The Balaban J connectivity index is 1.47. The van der Waals surface area contributed by atoms with Crippen molar-refractivity contribution in [2.45, 2.75) is 13.3 Å². The summed E-state index contributed by atoms with van der Waals surface area (Å²) in [6, 6.07) is 10.4. The van der Waals surface area contributed by atoms with Gasteiger partial charge in [0, 0.05) is 22.5 Å². The third-order valence-corrected chi connectivity index (χ3v) is 5.48. The molecular weight excluding hydrogens is 361 g/mol. The monoisotopic (exact) mass is 377 g/mol. The predicted molar refractivity (Wildman–Crippen MR) is 104 cm³/mol. The maximum Gasteiger partial charge on any atom is 0.170 e. The van der Waals surface area contributed by atoms with Gasteiger partial charge in [0.05, 0.1) is 15.6 Å². The summed E-state index contributed by atoms with van der Waals surface area (Å²) in [4.78, 5) is 6.99. The topological polar surface area (TPSA) is 37.0 Å². The molecule has 0 fully saturated rings. The molecule has 3 nitrogen and oxygen atoms in total. The van der Waals surface area contributed by atoms with Crippen molar-refractivity contribution in [1.82, 2.24) is 10.3 Å². The lowest BCUT2D eigenvalue weighted by Crippen LogP contribution is -2.30. The Morgan fingerprint density at radius 2 is 2.00 bits per heavy atom. The van der Waals surface area contributed by atoms with Crippen molar-refractivity contribution in [1.29, 1.82) is 0 Å². The minimum atomic E-state index is -0.261. The van der Waals surface area contributed by atoms with E-state index in [-0.39, 0.29) is 5.82 Å². The van der Waals surface area contributed by atoms with Gasteiger partial charge in [0.1, 0.15) is 5.82 Å². The van der Waals surface area contributed by atoms with Crippen LogP contribution in [0, 0.1) is 12.7 Å². The Bertz CT molecular complexity index is 824. The first-order chi connectivity index (χ1) is 11.6. The molecule has 0 bridgehead atoms. The van der Waals surface area contributed by atoms with Crippen LogP contribution in [0.5, 0.6) is 0 Å². The molecule has 3 rings (SSSR count). The van der Waals surface area contributed by atoms with Gasteiger partial charge in [-0.15, -0.1) is 22.7 Å². The smallest absolute Gasteiger partial charge is 0.170 e. The van der Waals surface area contributed by atoms with Gasteiger partial charge >= 0.3 is 0 Å². The van der Waals surface area contributed by atoms with Gasteiger partial charge in [-0.1, -0.05) is 0 Å². The maximum absolute atomic E-state index is 12.9. The fourth-order valence-corrected chi connectivity index (χ4v) is 4.01. The molecule has 0 aliphatic heterocycles. The minimum absolute atomic E-state index is 0.261. The Hall–Kier alpha value is -1.83. The number of rotatable bonds is 5. The van der Waals surface area contributed by atoms with E-state index in [0.29, 0.717) is 5.11 Å². The quantitative estimate of drug-likeness (QED) is 0.624. The molecule has 0 atom stereocenters. The average molecular weight is 378 g/mol. The summed E-state index contributed by atoms with van der Waals surface area (Å²) in [6.07, 6.45) is 0.888. The molecule has 0 aliphatic rings. The number of halogens is 1. The first-order valence-corrected chi connectivity index (χ1v) is 9.52. The van der Waals surface area contributed by atoms with Crippen LogP contribution in [0.25, 0.3) is 10.6 Å². The number of benzene rings is 1. The first kappa shape index (κ1) is 17.0. The van der Waals surface area contributed by atoms with Crippen LogP contribution >= 0.6 is 34.9 Å². The Kier molecular flexibility index (Phi) is 5.55. The van der Waals surface area contributed by atoms with E-state index in [1.54, 1.807) is 34.8 Å². The number of anilines is 1. The summed E-state index contributed by atoms with van der Waals surface area (Å²) in [5.74, 6) is -0.261. The van der Waals surface area contributed by atoms with Gasteiger partial charge in [-0.2, -0.15) is 0 Å². The summed E-state index contributed by atoms with van der Waals surface area (Å²) in [7, 11) is 0. The Morgan fingerprint density at radius 3 is 2.71 bits per heavy atom. The van der Waals surface area contributed by atoms with E-state index >= 15 is 0 Å². The summed E-state index contributed by atoms with van der Waals surface area (Å²) in [5, 5.41) is 9.91. The molecular formula is C17H16FN3S3. The molecule has 0 saturated heterocycles. The normalized spacial score (nSPS) is 10.6. The van der Waals surface area contributed by atoms with Crippen LogP contribution in [0.15, 0.2) is 41.8 Å². The second kappa shape index (κ2) is 7.83. The van der Waals surface area contributed by atoms with Gasteiger partial charge in [0.25, 0.3) is 0 Å². The molecule has 3 aromatic rings. The highest BCUT2D eigenvalue weighted by Crippen LogP contribution is 2.29. The zero-order valence-corrected chi connectivity index (χ0v) is 15.5. The summed E-state index contributed by atoms with van der Waals surface area (Å²) in [5.41, 5.74) is 1.82. The molecule has 2 aromatic heterocycles. The zero-order valence-electron chi connectivity index (χ0n) is 13.0. The highest BCUT2D eigenvalue weighted by molar-refractivity contribution is 7.80. The summed E-state index contributed by atoms with van der Waals surface area (Å²) < 4.78 is 12.9. The number of aryl methyl sites for hydroxylation is 1. The standard InChI is InChI=1S/C17H16FN3S3/c1-11-20-15(10-23-11)16-7-6-14(24-16)8-9-19-17(22)21-13-4-2-12(18)3-5-13/h2-7,10H,8-9H2,1H3,(H2,19,21,22). The predicted octanol–water partition coefficient (Wildman–Crippen LogP) is 4.85. The first-order valence-electron chi connectivity index (χ1n) is 7.42. The van der Waals surface area contributed by atoms with Crippen molar-refractivity contribution in [3.63, 3.8) is 0 Å². The maximum atomic E-state index is 12.9. The second-order valence-electron chi connectivity index (χ2n) is 5.16. The van der Waals surface area contributed by atoms with Crippen LogP contribution in [0.2, 0.25) is 0 Å². The van der Waals surface area contributed by atoms with Gasteiger partial charge < -0.3 is 10.6 Å². The van der Waals surface area contributed by atoms with E-state index in [4.69, 9.17) is 12.2 Å². The minimum Gasteiger partial charge on any atom is -0.362 e. The molecule has 0 radical (unpaired) electrons. The summed E-state index contributed by atoms with van der Waals surface area (Å²) in [6.45, 7) is 2.75. The molecule has 24 heavy (non-hydrogen) atoms. The number of thiocarbonyl (C=S) groups is 1. The molecule has 2 N–H and O–H groups in total. The van der Waals surface area contributed by atoms with Crippen molar-refractivity contribution >= 4 is 45.7 Å². The molecule has 124 valence electrons. The molecule has 0 unspecified atom stereocenters. The molecule has 0 aliphatic carbocycles. The third kappa shape index (κ3) is 4.59. The van der Waals surface area contributed by atoms with E-state index in [1.807, 2.05) is 6.92 Å². The molecule has 7 heteroatoms. The van der Waals surface area contributed by atoms with E-state index < -0.39 is 0 Å². The van der Waals surface area contributed by atoms with Crippen molar-refractivity contribution in [3.05, 3.63) is 57.5 Å². The number of hydrogen-bond donors (Lipinski definition) is 2. The van der Waals surface area contributed by atoms with E-state index in [0.717, 1.165) is 29.4 Å². The number of thiophene rings is 1. The van der Waals surface area contributed by atoms with E-state index in [2.05, 4.69) is 33.1 Å². The van der Waals surface area contributed by atoms with Crippen LogP contribution < -0.4 is 10.6 Å². The Morgan fingerprint density at radius 1 is 1.21 bits per heavy atom. The van der Waals surface area contributed by atoms with Gasteiger partial charge in [-0.05, 0) is 62.0 Å². The van der Waals surface area contributed by atoms with Crippen LogP contribution in [-0.2, 0) is 6.42 Å². The van der Waals surface area contributed by atoms with Crippen LogP contribution in [0.3, 0.4) is 0 Å². The lowest BCUT2D eigenvalue weighted by molar-refractivity contribution is 0.628. The van der Waals surface area contributed by atoms with Crippen LogP contribution in [-0.4, -0.2) is 16.6 Å². The zero-order chi connectivity index (χ0) is 16.9. The van der Waals surface area contributed by atoms with Crippen molar-refractivity contribution < 1.29 is 4.39 Å².